The van der Waals surface area contributed by atoms with Gasteiger partial charge in [-0.05, 0) is 18.2 Å². The maximum absolute atomic E-state index is 11.7. The van der Waals surface area contributed by atoms with Crippen LogP contribution < -0.4 is 10.2 Å². The molecule has 0 aromatic heterocycles. The zero-order valence-electron chi connectivity index (χ0n) is 13.3. The summed E-state index contributed by atoms with van der Waals surface area (Å²) in [5.41, 5.74) is 1.82. The van der Waals surface area contributed by atoms with Gasteiger partial charge >= 0.3 is 0 Å². The van der Waals surface area contributed by atoms with Gasteiger partial charge in [0.2, 0.25) is 5.91 Å². The van der Waals surface area contributed by atoms with Crippen LogP contribution in [0.25, 0.3) is 0 Å². The number of rotatable bonds is 6. The second kappa shape index (κ2) is 8.62. The predicted octanol–water partition coefficient (Wildman–Crippen LogP) is 2.41. The molecule has 0 aliphatic carbocycles. The van der Waals surface area contributed by atoms with E-state index < -0.39 is 6.10 Å². The van der Waals surface area contributed by atoms with E-state index in [2.05, 4.69) is 10.2 Å². The first-order valence-electron chi connectivity index (χ1n) is 7.85. The van der Waals surface area contributed by atoms with Crippen molar-refractivity contribution in [3.8, 4) is 0 Å². The van der Waals surface area contributed by atoms with Crippen molar-refractivity contribution in [2.45, 2.75) is 19.4 Å². The van der Waals surface area contributed by atoms with Crippen molar-refractivity contribution in [1.82, 2.24) is 4.90 Å². The zero-order valence-corrected chi connectivity index (χ0v) is 14.8. The van der Waals surface area contributed by atoms with Crippen LogP contribution in [0.5, 0.6) is 0 Å². The minimum atomic E-state index is -0.584. The van der Waals surface area contributed by atoms with Crippen LogP contribution in [0.3, 0.4) is 0 Å². The molecule has 128 valence electrons. The highest BCUT2D eigenvalue weighted by Gasteiger charge is 2.21. The molecule has 1 heterocycles. The monoisotopic (exact) mass is 359 g/mol. The van der Waals surface area contributed by atoms with Crippen molar-refractivity contribution in [3.63, 3.8) is 0 Å². The molecule has 0 saturated carbocycles. The number of carbonyl (C=O) groups is 1. The molecule has 1 amide bonds. The summed E-state index contributed by atoms with van der Waals surface area (Å²) in [5, 5.41) is 13.2. The molecule has 7 heteroatoms. The molecule has 1 saturated heterocycles. The number of anilines is 2. The van der Waals surface area contributed by atoms with Crippen LogP contribution in [0.4, 0.5) is 11.4 Å². The fraction of sp³-hybridized carbons (Fsp3) is 0.562. The Balaban J connectivity index is 1.95. The van der Waals surface area contributed by atoms with Gasteiger partial charge in [0.05, 0.1) is 22.7 Å². The topological polar surface area (TPSA) is 55.8 Å². The lowest BCUT2D eigenvalue weighted by molar-refractivity contribution is -0.131. The third kappa shape index (κ3) is 4.90. The first-order valence-corrected chi connectivity index (χ1v) is 8.76. The van der Waals surface area contributed by atoms with Crippen LogP contribution >= 0.6 is 23.2 Å². The van der Waals surface area contributed by atoms with Gasteiger partial charge in [-0.1, -0.05) is 18.5 Å². The summed E-state index contributed by atoms with van der Waals surface area (Å²) in [4.78, 5) is 15.8. The van der Waals surface area contributed by atoms with Crippen LogP contribution in [0.15, 0.2) is 18.2 Å². The SMILES string of the molecule is CCC(=O)N1CCN(c2ccc(NCC(O)CCl)cc2Cl)CC1. The Hall–Kier alpha value is -1.17. The molecule has 1 aliphatic rings. The number of piperazine rings is 1. The van der Waals surface area contributed by atoms with E-state index in [1.807, 2.05) is 30.0 Å². The number of nitrogens with one attached hydrogen (secondary N) is 1. The van der Waals surface area contributed by atoms with Crippen molar-refractivity contribution < 1.29 is 9.90 Å². The van der Waals surface area contributed by atoms with Crippen molar-refractivity contribution >= 4 is 40.5 Å². The standard InChI is InChI=1S/C16H23Cl2N3O2/c1-2-16(23)21-7-5-20(6-8-21)15-4-3-12(9-14(15)18)19-11-13(22)10-17/h3-4,9,13,19,22H,2,5-8,10-11H2,1H3. The van der Waals surface area contributed by atoms with Crippen molar-refractivity contribution in [2.75, 3.05) is 48.8 Å². The first kappa shape index (κ1) is 18.2. The predicted molar refractivity (Wildman–Crippen MR) is 95.8 cm³/mol. The third-order valence-corrected chi connectivity index (χ3v) is 4.60. The Labute approximate surface area is 147 Å². The number of aliphatic hydroxyl groups is 1. The summed E-state index contributed by atoms with van der Waals surface area (Å²) in [5.74, 6) is 0.396. The van der Waals surface area contributed by atoms with E-state index in [0.29, 0.717) is 18.0 Å². The largest absolute Gasteiger partial charge is 0.390 e. The van der Waals surface area contributed by atoms with Crippen LogP contribution in [-0.2, 0) is 4.79 Å². The summed E-state index contributed by atoms with van der Waals surface area (Å²) in [6.45, 7) is 5.29. The molecule has 1 atom stereocenters. The number of aliphatic hydroxyl groups excluding tert-OH is 1. The van der Waals surface area contributed by atoms with Gasteiger partial charge in [-0.25, -0.2) is 0 Å². The highest BCUT2D eigenvalue weighted by atomic mass is 35.5. The number of nitrogens with zero attached hydrogens (tertiary/aromatic N) is 2. The molecule has 23 heavy (non-hydrogen) atoms. The molecule has 0 radical (unpaired) electrons. The van der Waals surface area contributed by atoms with Crippen LogP contribution in [0.2, 0.25) is 5.02 Å². The summed E-state index contributed by atoms with van der Waals surface area (Å²) in [6.07, 6.45) is -0.0331. The number of amides is 1. The average Bonchev–Trinajstić information content (AvgIpc) is 2.59. The minimum absolute atomic E-state index is 0.194. The van der Waals surface area contributed by atoms with Crippen molar-refractivity contribution in [3.05, 3.63) is 23.2 Å². The maximum Gasteiger partial charge on any atom is 0.222 e. The number of hydrogen-bond acceptors (Lipinski definition) is 4. The first-order chi connectivity index (χ1) is 11.0. The van der Waals surface area contributed by atoms with Gasteiger partial charge in [0.25, 0.3) is 0 Å². The van der Waals surface area contributed by atoms with Gasteiger partial charge in [0, 0.05) is 44.8 Å². The van der Waals surface area contributed by atoms with Crippen molar-refractivity contribution in [1.29, 1.82) is 0 Å². The molecule has 2 rings (SSSR count). The second-order valence-corrected chi connectivity index (χ2v) is 6.29. The molecule has 2 N–H and O–H groups in total. The number of alkyl halides is 1. The Morgan fingerprint density at radius 3 is 2.61 bits per heavy atom. The maximum atomic E-state index is 11.7. The summed E-state index contributed by atoms with van der Waals surface area (Å²) >= 11 is 12.0. The van der Waals surface area contributed by atoms with Crippen LogP contribution in [-0.4, -0.2) is 60.6 Å². The fourth-order valence-electron chi connectivity index (χ4n) is 2.58. The number of hydrogen-bond donors (Lipinski definition) is 2. The molecule has 1 aromatic rings. The molecule has 0 spiro atoms. The highest BCUT2D eigenvalue weighted by Crippen LogP contribution is 2.29. The van der Waals surface area contributed by atoms with Crippen LogP contribution in [0.1, 0.15) is 13.3 Å². The normalized spacial score (nSPS) is 16.3. The lowest BCUT2D eigenvalue weighted by atomic mass is 10.2. The van der Waals surface area contributed by atoms with Gasteiger partial charge in [-0.15, -0.1) is 11.6 Å². The highest BCUT2D eigenvalue weighted by molar-refractivity contribution is 6.33. The lowest BCUT2D eigenvalue weighted by Crippen LogP contribution is -2.48. The van der Waals surface area contributed by atoms with E-state index in [-0.39, 0.29) is 11.8 Å². The van der Waals surface area contributed by atoms with E-state index in [4.69, 9.17) is 23.2 Å². The Kier molecular flexibility index (Phi) is 6.81. The van der Waals surface area contributed by atoms with Gasteiger partial charge < -0.3 is 20.2 Å². The van der Waals surface area contributed by atoms with E-state index >= 15 is 0 Å². The lowest BCUT2D eigenvalue weighted by Gasteiger charge is -2.36. The molecule has 1 fully saturated rings. The van der Waals surface area contributed by atoms with Crippen molar-refractivity contribution in [2.24, 2.45) is 0 Å². The molecule has 5 nitrogen and oxygen atoms in total. The molecular weight excluding hydrogens is 337 g/mol. The third-order valence-electron chi connectivity index (χ3n) is 3.94. The number of carbonyl (C=O) groups excluding carboxylic acids is 1. The van der Waals surface area contributed by atoms with Gasteiger partial charge in [-0.3, -0.25) is 4.79 Å². The summed E-state index contributed by atoms with van der Waals surface area (Å²) in [6, 6.07) is 5.75. The molecular formula is C16H23Cl2N3O2. The fourth-order valence-corrected chi connectivity index (χ4v) is 2.99. The Morgan fingerprint density at radius 2 is 2.04 bits per heavy atom. The molecule has 1 unspecified atom stereocenters. The quantitative estimate of drug-likeness (QED) is 0.765. The zero-order chi connectivity index (χ0) is 16.8. The molecule has 1 aromatic carbocycles. The van der Waals surface area contributed by atoms with E-state index in [9.17, 15) is 9.90 Å². The molecule has 1 aliphatic heterocycles. The second-order valence-electron chi connectivity index (χ2n) is 5.58. The Morgan fingerprint density at radius 1 is 1.35 bits per heavy atom. The Bertz CT molecular complexity index is 534. The van der Waals surface area contributed by atoms with E-state index in [1.54, 1.807) is 0 Å². The van der Waals surface area contributed by atoms with Gasteiger partial charge in [0.1, 0.15) is 0 Å². The average molecular weight is 360 g/mol. The van der Waals surface area contributed by atoms with Crippen LogP contribution in [0, 0.1) is 0 Å². The van der Waals surface area contributed by atoms with E-state index in [1.165, 1.54) is 0 Å². The smallest absolute Gasteiger partial charge is 0.222 e. The summed E-state index contributed by atoms with van der Waals surface area (Å²) < 4.78 is 0. The number of halogens is 2. The minimum Gasteiger partial charge on any atom is -0.390 e. The summed E-state index contributed by atoms with van der Waals surface area (Å²) in [7, 11) is 0. The number of benzene rings is 1. The van der Waals surface area contributed by atoms with E-state index in [0.717, 1.165) is 37.6 Å². The molecule has 0 bridgehead atoms. The van der Waals surface area contributed by atoms with Gasteiger partial charge in [0.15, 0.2) is 0 Å². The van der Waals surface area contributed by atoms with Gasteiger partial charge in [-0.2, -0.15) is 0 Å².